The van der Waals surface area contributed by atoms with Crippen LogP contribution < -0.4 is 14.8 Å². The molecule has 1 unspecified atom stereocenters. The van der Waals surface area contributed by atoms with Crippen LogP contribution in [0.5, 0.6) is 11.5 Å². The zero-order valence-corrected chi connectivity index (χ0v) is 13.5. The lowest BCUT2D eigenvalue weighted by molar-refractivity contribution is 0.150. The highest BCUT2D eigenvalue weighted by atomic mass is 16.6. The number of hydrogen-bond acceptors (Lipinski definition) is 5. The fraction of sp³-hybridized carbons (Fsp3) is 0.667. The number of nitrogens with zero attached hydrogens (tertiary/aromatic N) is 1. The number of nitrogens with one attached hydrogen (secondary N) is 1. The van der Waals surface area contributed by atoms with Crippen molar-refractivity contribution >= 4 is 0 Å². The number of benzene rings is 1. The molecule has 0 spiro atoms. The third kappa shape index (κ3) is 3.32. The summed E-state index contributed by atoms with van der Waals surface area (Å²) in [5.74, 6) is 1.71. The number of fused-ring (bicyclic) bond motifs is 1. The molecule has 1 aromatic carbocycles. The van der Waals surface area contributed by atoms with Gasteiger partial charge < -0.3 is 19.9 Å². The first-order chi connectivity index (χ1) is 11.3. The Balaban J connectivity index is 1.36. The predicted molar refractivity (Wildman–Crippen MR) is 87.9 cm³/mol. The number of aliphatic hydroxyl groups is 1. The Labute approximate surface area is 137 Å². The lowest BCUT2D eigenvalue weighted by atomic mass is 10.1. The molecule has 0 amide bonds. The summed E-state index contributed by atoms with van der Waals surface area (Å²) in [5, 5.41) is 13.5. The lowest BCUT2D eigenvalue weighted by Gasteiger charge is -2.30. The molecular formula is C18H26N2O3. The van der Waals surface area contributed by atoms with Crippen molar-refractivity contribution in [3.05, 3.63) is 23.8 Å². The molecule has 2 aliphatic heterocycles. The van der Waals surface area contributed by atoms with Crippen molar-refractivity contribution in [2.24, 2.45) is 0 Å². The van der Waals surface area contributed by atoms with Crippen LogP contribution >= 0.6 is 0 Å². The second-order valence-electron chi connectivity index (χ2n) is 6.90. The van der Waals surface area contributed by atoms with Gasteiger partial charge in [0.1, 0.15) is 13.2 Å². The van der Waals surface area contributed by atoms with Gasteiger partial charge in [-0.2, -0.15) is 0 Å². The fourth-order valence-electron chi connectivity index (χ4n) is 4.13. The van der Waals surface area contributed by atoms with E-state index in [0.29, 0.717) is 25.3 Å². The quantitative estimate of drug-likeness (QED) is 0.882. The molecule has 4 rings (SSSR count). The molecule has 1 aromatic rings. The number of rotatable bonds is 4. The van der Waals surface area contributed by atoms with Gasteiger partial charge in [-0.25, -0.2) is 0 Å². The minimum atomic E-state index is -0.131. The van der Waals surface area contributed by atoms with Crippen LogP contribution in [0.25, 0.3) is 0 Å². The van der Waals surface area contributed by atoms with E-state index < -0.39 is 0 Å². The van der Waals surface area contributed by atoms with Crippen molar-refractivity contribution in [3.63, 3.8) is 0 Å². The fourth-order valence-corrected chi connectivity index (χ4v) is 4.13. The van der Waals surface area contributed by atoms with Crippen LogP contribution in [0.4, 0.5) is 0 Å². The van der Waals surface area contributed by atoms with Crippen molar-refractivity contribution in [2.75, 3.05) is 26.3 Å². The van der Waals surface area contributed by atoms with Crippen molar-refractivity contribution in [1.29, 1.82) is 0 Å². The molecule has 0 bridgehead atoms. The predicted octanol–water partition coefficient (Wildman–Crippen LogP) is 1.54. The Kier molecular flexibility index (Phi) is 4.42. The Hall–Kier alpha value is -1.30. The Bertz CT molecular complexity index is 551. The van der Waals surface area contributed by atoms with E-state index >= 15 is 0 Å². The molecule has 2 heterocycles. The van der Waals surface area contributed by atoms with Gasteiger partial charge in [0.15, 0.2) is 11.5 Å². The first-order valence-corrected chi connectivity index (χ1v) is 8.83. The molecule has 5 heteroatoms. The minimum Gasteiger partial charge on any atom is -0.486 e. The van der Waals surface area contributed by atoms with Gasteiger partial charge in [0.2, 0.25) is 0 Å². The van der Waals surface area contributed by atoms with Gasteiger partial charge >= 0.3 is 0 Å². The highest BCUT2D eigenvalue weighted by Crippen LogP contribution is 2.31. The number of aliphatic hydroxyl groups excluding tert-OH is 1. The standard InChI is InChI=1S/C18H26N2O3/c21-14-6-7-20(12-14)16-3-1-2-15(16)19-11-13-4-5-17-18(10-13)23-9-8-22-17/h4-5,10,14-16,19,21H,1-3,6-9,11-12H2/t14?,15-,16+/m1/s1. The maximum atomic E-state index is 9.78. The molecule has 2 fully saturated rings. The van der Waals surface area contributed by atoms with Crippen molar-refractivity contribution in [1.82, 2.24) is 10.2 Å². The molecule has 5 nitrogen and oxygen atoms in total. The van der Waals surface area contributed by atoms with Gasteiger partial charge in [0.25, 0.3) is 0 Å². The number of likely N-dealkylation sites (tertiary alicyclic amines) is 1. The molecule has 1 saturated heterocycles. The molecular weight excluding hydrogens is 292 g/mol. The second kappa shape index (κ2) is 6.67. The van der Waals surface area contributed by atoms with Crippen molar-refractivity contribution in [2.45, 2.75) is 50.4 Å². The van der Waals surface area contributed by atoms with E-state index in [4.69, 9.17) is 9.47 Å². The van der Waals surface area contributed by atoms with Crippen LogP contribution in [0.3, 0.4) is 0 Å². The van der Waals surface area contributed by atoms with Crippen LogP contribution in [-0.4, -0.2) is 54.5 Å². The summed E-state index contributed by atoms with van der Waals surface area (Å²) in [6.45, 7) is 4.00. The van der Waals surface area contributed by atoms with Gasteiger partial charge in [-0.1, -0.05) is 12.5 Å². The summed E-state index contributed by atoms with van der Waals surface area (Å²) in [7, 11) is 0. The summed E-state index contributed by atoms with van der Waals surface area (Å²) < 4.78 is 11.2. The third-order valence-corrected chi connectivity index (χ3v) is 5.32. The Morgan fingerprint density at radius 2 is 2.00 bits per heavy atom. The average molecular weight is 318 g/mol. The van der Waals surface area contributed by atoms with E-state index in [9.17, 15) is 5.11 Å². The topological polar surface area (TPSA) is 54.0 Å². The molecule has 3 atom stereocenters. The summed E-state index contributed by atoms with van der Waals surface area (Å²) in [5.41, 5.74) is 1.24. The molecule has 1 saturated carbocycles. The smallest absolute Gasteiger partial charge is 0.161 e. The summed E-state index contributed by atoms with van der Waals surface area (Å²) >= 11 is 0. The Morgan fingerprint density at radius 3 is 2.83 bits per heavy atom. The Morgan fingerprint density at radius 1 is 1.13 bits per heavy atom. The van der Waals surface area contributed by atoms with Gasteiger partial charge in [0.05, 0.1) is 6.10 Å². The van der Waals surface area contributed by atoms with E-state index in [-0.39, 0.29) is 6.10 Å². The molecule has 1 aliphatic carbocycles. The SMILES string of the molecule is OC1CCN([C@H]2CCC[C@H]2NCc2ccc3c(c2)OCCO3)C1. The average Bonchev–Trinajstić information content (AvgIpc) is 3.21. The summed E-state index contributed by atoms with van der Waals surface area (Å²) in [6, 6.07) is 7.31. The summed E-state index contributed by atoms with van der Waals surface area (Å²) in [4.78, 5) is 2.47. The van der Waals surface area contributed by atoms with E-state index in [1.54, 1.807) is 0 Å². The van der Waals surface area contributed by atoms with Crippen LogP contribution in [-0.2, 0) is 6.54 Å². The minimum absolute atomic E-state index is 0.131. The van der Waals surface area contributed by atoms with E-state index in [0.717, 1.165) is 37.6 Å². The normalized spacial score (nSPS) is 30.7. The highest BCUT2D eigenvalue weighted by molar-refractivity contribution is 5.43. The zero-order valence-electron chi connectivity index (χ0n) is 13.5. The third-order valence-electron chi connectivity index (χ3n) is 5.32. The van der Waals surface area contributed by atoms with Gasteiger partial charge in [-0.15, -0.1) is 0 Å². The van der Waals surface area contributed by atoms with Crippen LogP contribution in [0.2, 0.25) is 0 Å². The number of β-amino-alcohol motifs (C(OH)–C–C–N with tert-alkyl or cyclic N) is 1. The van der Waals surface area contributed by atoms with Crippen LogP contribution in [0.15, 0.2) is 18.2 Å². The second-order valence-corrected chi connectivity index (χ2v) is 6.90. The van der Waals surface area contributed by atoms with Crippen LogP contribution in [0, 0.1) is 0 Å². The maximum absolute atomic E-state index is 9.78. The summed E-state index contributed by atoms with van der Waals surface area (Å²) in [6.07, 6.45) is 4.53. The maximum Gasteiger partial charge on any atom is 0.161 e. The molecule has 23 heavy (non-hydrogen) atoms. The van der Waals surface area contributed by atoms with E-state index in [1.807, 2.05) is 6.07 Å². The molecule has 2 N–H and O–H groups in total. The largest absolute Gasteiger partial charge is 0.486 e. The van der Waals surface area contributed by atoms with E-state index in [2.05, 4.69) is 22.3 Å². The van der Waals surface area contributed by atoms with Gasteiger partial charge in [0, 0.05) is 31.7 Å². The van der Waals surface area contributed by atoms with Crippen molar-refractivity contribution < 1.29 is 14.6 Å². The molecule has 0 radical (unpaired) electrons. The first-order valence-electron chi connectivity index (χ1n) is 8.83. The highest BCUT2D eigenvalue weighted by Gasteiger charge is 2.35. The number of hydrogen-bond donors (Lipinski definition) is 2. The van der Waals surface area contributed by atoms with Crippen molar-refractivity contribution in [3.8, 4) is 11.5 Å². The molecule has 0 aromatic heterocycles. The first kappa shape index (κ1) is 15.2. The van der Waals surface area contributed by atoms with E-state index in [1.165, 1.54) is 24.8 Å². The molecule has 3 aliphatic rings. The lowest BCUT2D eigenvalue weighted by Crippen LogP contribution is -2.46. The zero-order chi connectivity index (χ0) is 15.6. The number of ether oxygens (including phenoxy) is 2. The van der Waals surface area contributed by atoms with Crippen LogP contribution in [0.1, 0.15) is 31.2 Å². The van der Waals surface area contributed by atoms with Gasteiger partial charge in [-0.05, 0) is 37.0 Å². The molecule has 126 valence electrons. The monoisotopic (exact) mass is 318 g/mol. The van der Waals surface area contributed by atoms with Gasteiger partial charge in [-0.3, -0.25) is 4.90 Å².